The zero-order valence-corrected chi connectivity index (χ0v) is 17.1. The second-order valence-corrected chi connectivity index (χ2v) is 9.38. The van der Waals surface area contributed by atoms with Gasteiger partial charge in [0.25, 0.3) is 0 Å². The van der Waals surface area contributed by atoms with Gasteiger partial charge in [0, 0.05) is 22.3 Å². The van der Waals surface area contributed by atoms with Gasteiger partial charge in [-0.25, -0.2) is 4.98 Å². The van der Waals surface area contributed by atoms with Gasteiger partial charge < -0.3 is 5.32 Å². The maximum absolute atomic E-state index is 11.4. The number of nitrogens with one attached hydrogen (secondary N) is 2. The van der Waals surface area contributed by atoms with E-state index in [4.69, 9.17) is 16.7 Å². The average molecular weight is 415 g/mol. The molecule has 4 bridgehead atoms. The van der Waals surface area contributed by atoms with Gasteiger partial charge in [-0.1, -0.05) is 12.1 Å². The molecule has 6 rings (SSSR count). The standard InChI is InChI=1S/C21H23ClN4OS/c22-10-19(27)23-17-3-1-14(2-4-17)18-11-28-21(24-18)26-25-20-15-6-12-5-13(8-15)9-16(20)7-12/h1-4,11-13,15-16H,5-10H2,(H,23,27)(H,24,26). The zero-order valence-electron chi connectivity index (χ0n) is 15.5. The number of hydrogen-bond donors (Lipinski definition) is 2. The van der Waals surface area contributed by atoms with Crippen molar-refractivity contribution in [1.29, 1.82) is 0 Å². The summed E-state index contributed by atoms with van der Waals surface area (Å²) in [4.78, 5) is 16.0. The van der Waals surface area contributed by atoms with Gasteiger partial charge in [-0.2, -0.15) is 5.10 Å². The monoisotopic (exact) mass is 414 g/mol. The first kappa shape index (κ1) is 18.1. The second-order valence-electron chi connectivity index (χ2n) is 8.25. The van der Waals surface area contributed by atoms with Gasteiger partial charge in [-0.15, -0.1) is 22.9 Å². The van der Waals surface area contributed by atoms with Crippen LogP contribution in [0.3, 0.4) is 0 Å². The molecule has 0 unspecified atom stereocenters. The van der Waals surface area contributed by atoms with Crippen molar-refractivity contribution >= 4 is 45.4 Å². The molecule has 28 heavy (non-hydrogen) atoms. The maximum atomic E-state index is 11.4. The van der Waals surface area contributed by atoms with Gasteiger partial charge in [-0.05, 0) is 67.9 Å². The first-order valence-electron chi connectivity index (χ1n) is 9.93. The van der Waals surface area contributed by atoms with Gasteiger partial charge in [0.2, 0.25) is 11.0 Å². The highest BCUT2D eigenvalue weighted by molar-refractivity contribution is 7.14. The molecule has 0 aliphatic heterocycles. The Labute approximate surface area is 173 Å². The molecule has 1 aromatic carbocycles. The topological polar surface area (TPSA) is 66.4 Å². The predicted octanol–water partition coefficient (Wildman–Crippen LogP) is 5.21. The van der Waals surface area contributed by atoms with Crippen LogP contribution in [0.1, 0.15) is 32.1 Å². The third-order valence-corrected chi connectivity index (χ3v) is 7.33. The molecule has 2 aromatic rings. The average Bonchev–Trinajstić information content (AvgIpc) is 3.16. The minimum absolute atomic E-state index is 0.0472. The fourth-order valence-corrected chi connectivity index (χ4v) is 6.07. The number of anilines is 2. The molecule has 1 aromatic heterocycles. The van der Waals surface area contributed by atoms with Crippen LogP contribution in [0.25, 0.3) is 11.3 Å². The lowest BCUT2D eigenvalue weighted by molar-refractivity contribution is -0.113. The number of thiazole rings is 1. The molecule has 5 nitrogen and oxygen atoms in total. The van der Waals surface area contributed by atoms with Crippen molar-refractivity contribution in [2.75, 3.05) is 16.6 Å². The number of carbonyl (C=O) groups excluding carboxylic acids is 1. The Kier molecular flexibility index (Phi) is 4.85. The molecule has 4 aliphatic rings. The predicted molar refractivity (Wildman–Crippen MR) is 115 cm³/mol. The number of rotatable bonds is 5. The summed E-state index contributed by atoms with van der Waals surface area (Å²) < 4.78 is 0. The number of nitrogens with zero attached hydrogens (tertiary/aromatic N) is 2. The summed E-state index contributed by atoms with van der Waals surface area (Å²) in [5.74, 6) is 3.03. The molecule has 4 fully saturated rings. The van der Waals surface area contributed by atoms with E-state index in [1.165, 1.54) is 37.8 Å². The molecule has 4 saturated carbocycles. The second kappa shape index (κ2) is 7.48. The highest BCUT2D eigenvalue weighted by Crippen LogP contribution is 2.52. The van der Waals surface area contributed by atoms with E-state index in [0.717, 1.165) is 33.9 Å². The van der Waals surface area contributed by atoms with E-state index in [1.807, 2.05) is 29.6 Å². The lowest BCUT2D eigenvalue weighted by Gasteiger charge is -2.50. The number of carbonyl (C=O) groups is 1. The Morgan fingerprint density at radius 2 is 1.79 bits per heavy atom. The van der Waals surface area contributed by atoms with Crippen molar-refractivity contribution in [3.63, 3.8) is 0 Å². The van der Waals surface area contributed by atoms with Crippen LogP contribution in [0.2, 0.25) is 0 Å². The molecular weight excluding hydrogens is 392 g/mol. The molecule has 1 heterocycles. The van der Waals surface area contributed by atoms with E-state index in [1.54, 1.807) is 11.3 Å². The van der Waals surface area contributed by atoms with Gasteiger partial charge in [-0.3, -0.25) is 10.2 Å². The lowest BCUT2D eigenvalue weighted by Crippen LogP contribution is -2.45. The van der Waals surface area contributed by atoms with Crippen LogP contribution in [-0.4, -0.2) is 22.5 Å². The van der Waals surface area contributed by atoms with E-state index < -0.39 is 0 Å². The number of benzene rings is 1. The quantitative estimate of drug-likeness (QED) is 0.521. The van der Waals surface area contributed by atoms with Crippen molar-refractivity contribution in [3.8, 4) is 11.3 Å². The number of halogens is 1. The van der Waals surface area contributed by atoms with Crippen molar-refractivity contribution in [2.24, 2.45) is 28.8 Å². The van der Waals surface area contributed by atoms with E-state index in [2.05, 4.69) is 15.7 Å². The minimum Gasteiger partial charge on any atom is -0.325 e. The van der Waals surface area contributed by atoms with Gasteiger partial charge in [0.1, 0.15) is 5.88 Å². The Bertz CT molecular complexity index is 877. The first-order chi connectivity index (χ1) is 13.7. The Hall–Kier alpha value is -1.92. The van der Waals surface area contributed by atoms with Crippen molar-refractivity contribution < 1.29 is 4.79 Å². The summed E-state index contributed by atoms with van der Waals surface area (Å²) in [6, 6.07) is 7.63. The molecule has 0 saturated heterocycles. The van der Waals surface area contributed by atoms with Crippen LogP contribution < -0.4 is 10.7 Å². The van der Waals surface area contributed by atoms with Crippen LogP contribution in [0.15, 0.2) is 34.7 Å². The molecule has 7 heteroatoms. The van der Waals surface area contributed by atoms with E-state index >= 15 is 0 Å². The number of hydrazone groups is 1. The summed E-state index contributed by atoms with van der Waals surface area (Å²) in [7, 11) is 0. The fourth-order valence-electron chi connectivity index (χ4n) is 5.34. The smallest absolute Gasteiger partial charge is 0.239 e. The third-order valence-electron chi connectivity index (χ3n) is 6.35. The van der Waals surface area contributed by atoms with E-state index in [-0.39, 0.29) is 11.8 Å². The molecule has 0 atom stereocenters. The molecule has 0 radical (unpaired) electrons. The maximum Gasteiger partial charge on any atom is 0.239 e. The van der Waals surface area contributed by atoms with E-state index in [0.29, 0.717) is 11.8 Å². The van der Waals surface area contributed by atoms with Crippen molar-refractivity contribution in [1.82, 2.24) is 4.98 Å². The summed E-state index contributed by atoms with van der Waals surface area (Å²) >= 11 is 7.09. The Balaban J connectivity index is 1.26. The Morgan fingerprint density at radius 3 is 2.43 bits per heavy atom. The summed E-state index contributed by atoms with van der Waals surface area (Å²) in [5.41, 5.74) is 7.28. The number of alkyl halides is 1. The normalized spacial score (nSPS) is 27.7. The van der Waals surface area contributed by atoms with Crippen LogP contribution in [-0.2, 0) is 4.79 Å². The largest absolute Gasteiger partial charge is 0.325 e. The first-order valence-corrected chi connectivity index (χ1v) is 11.3. The number of hydrogen-bond acceptors (Lipinski definition) is 5. The highest BCUT2D eigenvalue weighted by Gasteiger charge is 2.46. The summed E-state index contributed by atoms with van der Waals surface area (Å²) in [6.45, 7) is 0. The SMILES string of the molecule is O=C(CCl)Nc1ccc(-c2csc(NN=C3C4CC5CC(C4)CC3C5)n2)cc1. The number of amides is 1. The van der Waals surface area contributed by atoms with Crippen molar-refractivity contribution in [3.05, 3.63) is 29.6 Å². The van der Waals surface area contributed by atoms with Gasteiger partial charge in [0.15, 0.2) is 0 Å². The van der Waals surface area contributed by atoms with E-state index in [9.17, 15) is 4.79 Å². The minimum atomic E-state index is -0.210. The van der Waals surface area contributed by atoms with Gasteiger partial charge >= 0.3 is 0 Å². The molecular formula is C21H23ClN4OS. The fraction of sp³-hybridized carbons (Fsp3) is 0.476. The molecule has 4 aliphatic carbocycles. The van der Waals surface area contributed by atoms with Crippen LogP contribution in [0.5, 0.6) is 0 Å². The Morgan fingerprint density at radius 1 is 1.11 bits per heavy atom. The number of aromatic nitrogens is 1. The zero-order chi connectivity index (χ0) is 19.1. The third kappa shape index (κ3) is 3.55. The highest BCUT2D eigenvalue weighted by atomic mass is 35.5. The van der Waals surface area contributed by atoms with Crippen molar-refractivity contribution in [2.45, 2.75) is 32.1 Å². The van der Waals surface area contributed by atoms with Crippen LogP contribution >= 0.6 is 22.9 Å². The molecule has 0 spiro atoms. The summed E-state index contributed by atoms with van der Waals surface area (Å²) in [5, 5.41) is 10.4. The molecule has 2 N–H and O–H groups in total. The summed E-state index contributed by atoms with van der Waals surface area (Å²) in [6.07, 6.45) is 6.80. The molecule has 1 amide bonds. The molecule has 146 valence electrons. The lowest BCUT2D eigenvalue weighted by atomic mass is 9.55. The van der Waals surface area contributed by atoms with Crippen LogP contribution in [0, 0.1) is 23.7 Å². The van der Waals surface area contributed by atoms with Gasteiger partial charge in [0.05, 0.1) is 5.69 Å². The van der Waals surface area contributed by atoms with Crippen LogP contribution in [0.4, 0.5) is 10.8 Å².